The molecule has 1 aliphatic carbocycles. The lowest BCUT2D eigenvalue weighted by atomic mass is 9.76. The van der Waals surface area contributed by atoms with Crippen molar-refractivity contribution in [2.45, 2.75) is 52.0 Å². The summed E-state index contributed by atoms with van der Waals surface area (Å²) in [5.74, 6) is -0.627. The van der Waals surface area contributed by atoms with E-state index in [9.17, 15) is 9.59 Å². The van der Waals surface area contributed by atoms with Crippen molar-refractivity contribution in [2.24, 2.45) is 5.41 Å². The largest absolute Gasteiger partial charge is 0.467 e. The molecule has 1 rings (SSSR count). The predicted octanol–water partition coefficient (Wildman–Crippen LogP) is 1.22. The number of hydrogen-bond acceptors (Lipinski definition) is 4. The first-order valence-corrected chi connectivity index (χ1v) is 7.02. The molecule has 0 radical (unpaired) electrons. The lowest BCUT2D eigenvalue weighted by Gasteiger charge is -2.34. The fraction of sp³-hybridized carbons (Fsp3) is 0.857. The number of amides is 1. The molecule has 110 valence electrons. The molecule has 0 heterocycles. The topological polar surface area (TPSA) is 67.4 Å². The number of carbonyl (C=O) groups is 2. The molecule has 0 aromatic carbocycles. The second kappa shape index (κ2) is 7.48. The SMILES string of the molecule is COC(=O)C(CNCC1(C)CCCCC1)NC(C)=O. The molecule has 0 aromatic rings. The number of carbonyl (C=O) groups excluding carboxylic acids is 2. The van der Waals surface area contributed by atoms with Crippen LogP contribution in [0.5, 0.6) is 0 Å². The van der Waals surface area contributed by atoms with Gasteiger partial charge in [0.15, 0.2) is 0 Å². The molecule has 0 saturated heterocycles. The molecule has 2 N–H and O–H groups in total. The van der Waals surface area contributed by atoms with E-state index in [1.165, 1.54) is 46.1 Å². The monoisotopic (exact) mass is 270 g/mol. The Bertz CT molecular complexity index is 312. The highest BCUT2D eigenvalue weighted by atomic mass is 16.5. The predicted molar refractivity (Wildman–Crippen MR) is 73.7 cm³/mol. The van der Waals surface area contributed by atoms with E-state index >= 15 is 0 Å². The first kappa shape index (κ1) is 16.0. The zero-order valence-electron chi connectivity index (χ0n) is 12.3. The third-order valence-electron chi connectivity index (χ3n) is 3.82. The quantitative estimate of drug-likeness (QED) is 0.712. The van der Waals surface area contributed by atoms with E-state index in [4.69, 9.17) is 0 Å². The van der Waals surface area contributed by atoms with Gasteiger partial charge in [-0.05, 0) is 18.3 Å². The second-order valence-electron chi connectivity index (χ2n) is 5.78. The Labute approximate surface area is 115 Å². The zero-order chi connectivity index (χ0) is 14.3. The molecule has 1 fully saturated rings. The van der Waals surface area contributed by atoms with Gasteiger partial charge >= 0.3 is 5.97 Å². The normalized spacial score (nSPS) is 19.5. The summed E-state index contributed by atoms with van der Waals surface area (Å²) in [7, 11) is 1.33. The molecular weight excluding hydrogens is 244 g/mol. The van der Waals surface area contributed by atoms with Gasteiger partial charge in [0.25, 0.3) is 0 Å². The third kappa shape index (κ3) is 5.59. The fourth-order valence-electron chi connectivity index (χ4n) is 2.68. The van der Waals surface area contributed by atoms with Gasteiger partial charge in [0.2, 0.25) is 5.91 Å². The number of methoxy groups -OCH3 is 1. The maximum atomic E-state index is 11.5. The summed E-state index contributed by atoms with van der Waals surface area (Å²) in [6.45, 7) is 4.98. The number of hydrogen-bond donors (Lipinski definition) is 2. The summed E-state index contributed by atoms with van der Waals surface area (Å²) in [5, 5.41) is 5.91. The second-order valence-corrected chi connectivity index (χ2v) is 5.78. The maximum Gasteiger partial charge on any atom is 0.329 e. The van der Waals surface area contributed by atoms with Gasteiger partial charge in [0.1, 0.15) is 6.04 Å². The molecule has 1 amide bonds. The van der Waals surface area contributed by atoms with Crippen LogP contribution in [0.3, 0.4) is 0 Å². The summed E-state index contributed by atoms with van der Waals surface area (Å²) >= 11 is 0. The average Bonchev–Trinajstić information content (AvgIpc) is 2.37. The first-order valence-electron chi connectivity index (χ1n) is 7.02. The Morgan fingerprint density at radius 3 is 2.42 bits per heavy atom. The van der Waals surface area contributed by atoms with Crippen molar-refractivity contribution in [1.29, 1.82) is 0 Å². The third-order valence-corrected chi connectivity index (χ3v) is 3.82. The molecule has 1 saturated carbocycles. The highest BCUT2D eigenvalue weighted by Gasteiger charge is 2.27. The van der Waals surface area contributed by atoms with Gasteiger partial charge < -0.3 is 15.4 Å². The summed E-state index contributed by atoms with van der Waals surface area (Å²) < 4.78 is 4.69. The Balaban J connectivity index is 2.38. The molecule has 0 bridgehead atoms. The van der Waals surface area contributed by atoms with Crippen molar-refractivity contribution in [3.8, 4) is 0 Å². The molecular formula is C14H26N2O3. The van der Waals surface area contributed by atoms with Gasteiger partial charge in [0, 0.05) is 20.0 Å². The maximum absolute atomic E-state index is 11.5. The number of rotatable bonds is 6. The van der Waals surface area contributed by atoms with Crippen LogP contribution in [-0.2, 0) is 14.3 Å². The molecule has 5 heteroatoms. The molecule has 1 unspecified atom stereocenters. The van der Waals surface area contributed by atoms with E-state index in [-0.39, 0.29) is 5.91 Å². The Hall–Kier alpha value is -1.10. The van der Waals surface area contributed by atoms with Crippen LogP contribution in [0.4, 0.5) is 0 Å². The van der Waals surface area contributed by atoms with Crippen molar-refractivity contribution in [1.82, 2.24) is 10.6 Å². The van der Waals surface area contributed by atoms with Crippen molar-refractivity contribution in [3.05, 3.63) is 0 Å². The summed E-state index contributed by atoms with van der Waals surface area (Å²) in [6.07, 6.45) is 6.34. The zero-order valence-corrected chi connectivity index (χ0v) is 12.3. The molecule has 0 aliphatic heterocycles. The van der Waals surface area contributed by atoms with Crippen LogP contribution in [0.1, 0.15) is 46.0 Å². The summed E-state index contributed by atoms with van der Waals surface area (Å²) in [4.78, 5) is 22.6. The highest BCUT2D eigenvalue weighted by Crippen LogP contribution is 2.34. The molecule has 5 nitrogen and oxygen atoms in total. The molecule has 1 aliphatic rings. The molecule has 0 spiro atoms. The van der Waals surface area contributed by atoms with E-state index in [1.54, 1.807) is 0 Å². The standard InChI is InChI=1S/C14H26N2O3/c1-11(17)16-12(13(18)19-3)9-15-10-14(2)7-5-4-6-8-14/h12,15H,4-10H2,1-3H3,(H,16,17). The first-order chi connectivity index (χ1) is 8.97. The Kier molecular flexibility index (Phi) is 6.28. The summed E-state index contributed by atoms with van der Waals surface area (Å²) in [5.41, 5.74) is 0.315. The number of ether oxygens (including phenoxy) is 1. The van der Waals surface area contributed by atoms with E-state index in [0.29, 0.717) is 12.0 Å². The minimum Gasteiger partial charge on any atom is -0.467 e. The van der Waals surface area contributed by atoms with Crippen molar-refractivity contribution < 1.29 is 14.3 Å². The average molecular weight is 270 g/mol. The molecule has 0 aromatic heterocycles. The van der Waals surface area contributed by atoms with E-state index in [2.05, 4.69) is 22.3 Å². The van der Waals surface area contributed by atoms with E-state index < -0.39 is 12.0 Å². The van der Waals surface area contributed by atoms with Crippen LogP contribution in [0, 0.1) is 5.41 Å². The van der Waals surface area contributed by atoms with Crippen molar-refractivity contribution >= 4 is 11.9 Å². The lowest BCUT2D eigenvalue weighted by molar-refractivity contribution is -0.144. The molecule has 1 atom stereocenters. The van der Waals surface area contributed by atoms with Crippen LogP contribution < -0.4 is 10.6 Å². The lowest BCUT2D eigenvalue weighted by Crippen LogP contribution is -2.48. The van der Waals surface area contributed by atoms with Crippen LogP contribution >= 0.6 is 0 Å². The fourth-order valence-corrected chi connectivity index (χ4v) is 2.68. The minimum absolute atomic E-state index is 0.221. The Morgan fingerprint density at radius 1 is 1.26 bits per heavy atom. The number of esters is 1. The van der Waals surface area contributed by atoms with Crippen LogP contribution in [0.25, 0.3) is 0 Å². The highest BCUT2D eigenvalue weighted by molar-refractivity contribution is 5.83. The van der Waals surface area contributed by atoms with Gasteiger partial charge in [-0.2, -0.15) is 0 Å². The van der Waals surface area contributed by atoms with Gasteiger partial charge in [-0.15, -0.1) is 0 Å². The van der Waals surface area contributed by atoms with Gasteiger partial charge in [-0.3, -0.25) is 4.79 Å². The molecule has 19 heavy (non-hydrogen) atoms. The van der Waals surface area contributed by atoms with Crippen LogP contribution in [0.2, 0.25) is 0 Å². The van der Waals surface area contributed by atoms with Gasteiger partial charge in [-0.25, -0.2) is 4.79 Å². The van der Waals surface area contributed by atoms with Crippen LogP contribution in [0.15, 0.2) is 0 Å². The van der Waals surface area contributed by atoms with E-state index in [0.717, 1.165) is 6.54 Å². The van der Waals surface area contributed by atoms with Gasteiger partial charge in [0.05, 0.1) is 7.11 Å². The smallest absolute Gasteiger partial charge is 0.329 e. The Morgan fingerprint density at radius 2 is 1.89 bits per heavy atom. The van der Waals surface area contributed by atoms with Gasteiger partial charge in [-0.1, -0.05) is 26.2 Å². The van der Waals surface area contributed by atoms with E-state index in [1.807, 2.05) is 0 Å². The minimum atomic E-state index is -0.602. The van der Waals surface area contributed by atoms with Crippen molar-refractivity contribution in [3.63, 3.8) is 0 Å². The number of nitrogens with one attached hydrogen (secondary N) is 2. The van der Waals surface area contributed by atoms with Crippen LogP contribution in [-0.4, -0.2) is 38.1 Å². The summed E-state index contributed by atoms with van der Waals surface area (Å²) in [6, 6.07) is -0.602. The van der Waals surface area contributed by atoms with Crippen molar-refractivity contribution in [2.75, 3.05) is 20.2 Å².